The Bertz CT molecular complexity index is 116. The Labute approximate surface area is 122 Å². The van der Waals surface area contributed by atoms with Crippen molar-refractivity contribution in [1.29, 1.82) is 0 Å². The van der Waals surface area contributed by atoms with Gasteiger partial charge >= 0.3 is 0 Å². The summed E-state index contributed by atoms with van der Waals surface area (Å²) in [7, 11) is 0. The fourth-order valence-corrected chi connectivity index (χ4v) is 0. The van der Waals surface area contributed by atoms with Gasteiger partial charge in [0.2, 0.25) is 0 Å². The SMILES string of the molecule is CC(=O)O.CC(=O)O.CC(=O)O.O.[Eu]. The van der Waals surface area contributed by atoms with E-state index in [9.17, 15) is 0 Å². The van der Waals surface area contributed by atoms with E-state index in [-0.39, 0.29) is 54.9 Å². The van der Waals surface area contributed by atoms with Crippen LogP contribution in [0, 0.1) is 49.4 Å². The third-order valence-corrected chi connectivity index (χ3v) is 0. The first-order chi connectivity index (χ1) is 5.20. The van der Waals surface area contributed by atoms with E-state index in [1.807, 2.05) is 0 Å². The van der Waals surface area contributed by atoms with E-state index in [0.717, 1.165) is 20.8 Å². The van der Waals surface area contributed by atoms with E-state index in [4.69, 9.17) is 29.7 Å². The first kappa shape index (κ1) is 29.2. The topological polar surface area (TPSA) is 143 Å². The number of carboxylic acids is 3. The van der Waals surface area contributed by atoms with Gasteiger partial charge in [-0.25, -0.2) is 0 Å². The minimum atomic E-state index is -0.833. The molecule has 0 aromatic carbocycles. The molecule has 1 radical (unpaired) electrons. The molecule has 0 heterocycles. The molecule has 0 aromatic heterocycles. The van der Waals surface area contributed by atoms with Gasteiger partial charge in [-0.15, -0.1) is 0 Å². The fraction of sp³-hybridized carbons (Fsp3) is 0.500. The number of rotatable bonds is 0. The summed E-state index contributed by atoms with van der Waals surface area (Å²) in [5.41, 5.74) is 0. The van der Waals surface area contributed by atoms with Crippen molar-refractivity contribution in [3.05, 3.63) is 0 Å². The van der Waals surface area contributed by atoms with Gasteiger partial charge in [-0.3, -0.25) is 14.4 Å². The number of aliphatic carboxylic acids is 3. The van der Waals surface area contributed by atoms with Crippen molar-refractivity contribution in [3.63, 3.8) is 0 Å². The predicted molar refractivity (Wildman–Crippen MR) is 43.5 cm³/mol. The minimum absolute atomic E-state index is 0. The molecule has 0 fully saturated rings. The first-order valence-corrected chi connectivity index (χ1v) is 2.78. The second-order valence-corrected chi connectivity index (χ2v) is 1.56. The molecule has 0 spiro atoms. The van der Waals surface area contributed by atoms with Crippen LogP contribution in [0.2, 0.25) is 0 Å². The van der Waals surface area contributed by atoms with Crippen molar-refractivity contribution < 1.29 is 84.6 Å². The Morgan fingerprint density at radius 2 is 0.714 bits per heavy atom. The van der Waals surface area contributed by atoms with Crippen LogP contribution in [0.15, 0.2) is 0 Å². The molecule has 0 bridgehead atoms. The summed E-state index contributed by atoms with van der Waals surface area (Å²) in [6.07, 6.45) is 0. The molecule has 0 saturated carbocycles. The maximum atomic E-state index is 9.00. The Balaban J connectivity index is -0.0000000270. The zero-order valence-electron chi connectivity index (χ0n) is 7.94. The molecule has 0 aliphatic carbocycles. The summed E-state index contributed by atoms with van der Waals surface area (Å²) >= 11 is 0. The summed E-state index contributed by atoms with van der Waals surface area (Å²) in [5, 5.41) is 22.2. The molecule has 0 amide bonds. The molecule has 5 N–H and O–H groups in total. The molecule has 0 aliphatic heterocycles. The quantitative estimate of drug-likeness (QED) is 0.535. The molecule has 7 nitrogen and oxygen atoms in total. The maximum Gasteiger partial charge on any atom is 0.300 e. The largest absolute Gasteiger partial charge is 0.481 e. The van der Waals surface area contributed by atoms with Gasteiger partial charge < -0.3 is 20.8 Å². The van der Waals surface area contributed by atoms with Gasteiger partial charge in [-0.05, 0) is 0 Å². The maximum absolute atomic E-state index is 9.00. The summed E-state index contributed by atoms with van der Waals surface area (Å²) in [6.45, 7) is 3.25. The Hall–Kier alpha value is -0.0456. The van der Waals surface area contributed by atoms with Crippen molar-refractivity contribution in [2.75, 3.05) is 0 Å². The van der Waals surface area contributed by atoms with Crippen molar-refractivity contribution in [1.82, 2.24) is 0 Å². The van der Waals surface area contributed by atoms with Crippen LogP contribution in [0.4, 0.5) is 0 Å². The molecule has 14 heavy (non-hydrogen) atoms. The van der Waals surface area contributed by atoms with Crippen LogP contribution in [-0.4, -0.2) is 38.7 Å². The third-order valence-electron chi connectivity index (χ3n) is 0. The summed E-state index contributed by atoms with van der Waals surface area (Å²) in [5.74, 6) is -2.50. The molecule has 87 valence electrons. The van der Waals surface area contributed by atoms with Crippen LogP contribution in [0.1, 0.15) is 20.8 Å². The fourth-order valence-electron chi connectivity index (χ4n) is 0. The normalized spacial score (nSPS) is 5.36. The zero-order chi connectivity index (χ0) is 10.7. The van der Waals surface area contributed by atoms with Gasteiger partial charge in [-0.1, -0.05) is 0 Å². The third kappa shape index (κ3) is 690000. The average Bonchev–Trinajstić information content (AvgIpc) is 1.54. The number of hydrogen-bond donors (Lipinski definition) is 3. The molecular formula is C6H14EuO7. The van der Waals surface area contributed by atoms with Crippen molar-refractivity contribution in [2.24, 2.45) is 0 Å². The monoisotopic (exact) mass is 351 g/mol. The molecule has 0 aliphatic rings. The Kier molecular flexibility index (Phi) is 48.2. The van der Waals surface area contributed by atoms with Gasteiger partial charge in [0.1, 0.15) is 0 Å². The van der Waals surface area contributed by atoms with Crippen LogP contribution < -0.4 is 0 Å². The van der Waals surface area contributed by atoms with Crippen LogP contribution >= 0.6 is 0 Å². The standard InChI is InChI=1S/3C2H4O2.Eu.H2O/c3*1-2(3)4;;/h3*1H3,(H,3,4);;1H2. The number of carboxylic acid groups (broad SMARTS) is 3. The van der Waals surface area contributed by atoms with E-state index in [2.05, 4.69) is 0 Å². The Morgan fingerprint density at radius 1 is 0.714 bits per heavy atom. The summed E-state index contributed by atoms with van der Waals surface area (Å²) < 4.78 is 0. The van der Waals surface area contributed by atoms with Crippen molar-refractivity contribution in [3.8, 4) is 0 Å². The van der Waals surface area contributed by atoms with Crippen molar-refractivity contribution in [2.45, 2.75) is 20.8 Å². The second kappa shape index (κ2) is 23.1. The van der Waals surface area contributed by atoms with Gasteiger partial charge in [0.25, 0.3) is 17.9 Å². The molecule has 0 unspecified atom stereocenters. The smallest absolute Gasteiger partial charge is 0.300 e. The second-order valence-electron chi connectivity index (χ2n) is 1.56. The summed E-state index contributed by atoms with van der Waals surface area (Å²) in [4.78, 5) is 27.0. The first-order valence-electron chi connectivity index (χ1n) is 2.78. The van der Waals surface area contributed by atoms with Crippen molar-refractivity contribution >= 4 is 17.9 Å². The van der Waals surface area contributed by atoms with Crippen LogP contribution in [0.5, 0.6) is 0 Å². The average molecular weight is 350 g/mol. The number of carbonyl (C=O) groups is 3. The molecular weight excluding hydrogens is 336 g/mol. The van der Waals surface area contributed by atoms with Crippen LogP contribution in [0.3, 0.4) is 0 Å². The van der Waals surface area contributed by atoms with Gasteiger partial charge in [0.05, 0.1) is 0 Å². The van der Waals surface area contributed by atoms with Gasteiger partial charge in [0.15, 0.2) is 0 Å². The van der Waals surface area contributed by atoms with E-state index in [1.165, 1.54) is 0 Å². The predicted octanol–water partition coefficient (Wildman–Crippen LogP) is -0.552. The van der Waals surface area contributed by atoms with E-state index in [1.54, 1.807) is 0 Å². The molecule has 8 heteroatoms. The molecule has 0 aromatic rings. The minimum Gasteiger partial charge on any atom is -0.481 e. The van der Waals surface area contributed by atoms with Gasteiger partial charge in [0, 0.05) is 70.1 Å². The van der Waals surface area contributed by atoms with Crippen LogP contribution in [0.25, 0.3) is 0 Å². The van der Waals surface area contributed by atoms with E-state index in [0.29, 0.717) is 0 Å². The van der Waals surface area contributed by atoms with E-state index >= 15 is 0 Å². The summed E-state index contributed by atoms with van der Waals surface area (Å²) in [6, 6.07) is 0. The van der Waals surface area contributed by atoms with E-state index < -0.39 is 17.9 Å². The number of hydrogen-bond acceptors (Lipinski definition) is 3. The van der Waals surface area contributed by atoms with Gasteiger partial charge in [-0.2, -0.15) is 0 Å². The molecule has 0 atom stereocenters. The molecule has 0 rings (SSSR count). The zero-order valence-corrected chi connectivity index (χ0v) is 10.4. The molecule has 0 saturated heterocycles. The Morgan fingerprint density at radius 3 is 0.714 bits per heavy atom. The van der Waals surface area contributed by atoms with Crippen LogP contribution in [-0.2, 0) is 14.4 Å².